The number of nitrogens with one attached hydrogen (secondary N) is 1. The quantitative estimate of drug-likeness (QED) is 0.673. The Hall–Kier alpha value is -2.71. The topological polar surface area (TPSA) is 86.8 Å². The Morgan fingerprint density at radius 3 is 2.24 bits per heavy atom. The van der Waals surface area contributed by atoms with Crippen molar-refractivity contribution in [1.82, 2.24) is 14.5 Å². The van der Waals surface area contributed by atoms with E-state index >= 15 is 0 Å². The Morgan fingerprint density at radius 1 is 0.970 bits per heavy atom. The van der Waals surface area contributed by atoms with Crippen LogP contribution in [0.1, 0.15) is 64.8 Å². The highest BCUT2D eigenvalue weighted by Gasteiger charge is 2.34. The minimum absolute atomic E-state index is 0.154. The lowest BCUT2D eigenvalue weighted by Crippen LogP contribution is -2.34. The number of carbonyl (C=O) groups is 2. The molecule has 0 unspecified atom stereocenters. The van der Waals surface area contributed by atoms with Crippen LogP contribution in [0, 0.1) is 0 Å². The van der Waals surface area contributed by atoms with Crippen LogP contribution < -0.4 is 5.32 Å². The first-order valence-electron chi connectivity index (χ1n) is 11.6. The van der Waals surface area contributed by atoms with Crippen molar-refractivity contribution < 1.29 is 18.0 Å². The van der Waals surface area contributed by atoms with Crippen LogP contribution in [0.2, 0.25) is 0 Å². The van der Waals surface area contributed by atoms with Crippen LogP contribution in [0.5, 0.6) is 0 Å². The Labute approximate surface area is 195 Å². The summed E-state index contributed by atoms with van der Waals surface area (Å²) in [5.74, 6) is -0.320. The molecule has 2 aromatic carbocycles. The van der Waals surface area contributed by atoms with E-state index < -0.39 is 10.0 Å². The van der Waals surface area contributed by atoms with Gasteiger partial charge in [0, 0.05) is 43.9 Å². The fraction of sp³-hybridized carbons (Fsp3) is 0.440. The largest absolute Gasteiger partial charge is 0.355 e. The minimum atomic E-state index is -3.62. The zero-order valence-electron chi connectivity index (χ0n) is 19.0. The van der Waals surface area contributed by atoms with Crippen LogP contribution in [0.4, 0.5) is 0 Å². The summed E-state index contributed by atoms with van der Waals surface area (Å²) >= 11 is 0. The molecule has 1 saturated heterocycles. The van der Waals surface area contributed by atoms with Crippen LogP contribution in [-0.2, 0) is 16.6 Å². The lowest BCUT2D eigenvalue weighted by Gasteiger charge is -2.24. The summed E-state index contributed by atoms with van der Waals surface area (Å²) in [5.41, 5.74) is 1.88. The summed E-state index contributed by atoms with van der Waals surface area (Å²) < 4.78 is 28.0. The second-order valence-corrected chi connectivity index (χ2v) is 10.7. The van der Waals surface area contributed by atoms with Crippen LogP contribution in [0.25, 0.3) is 0 Å². The van der Waals surface area contributed by atoms with Gasteiger partial charge in [0.1, 0.15) is 0 Å². The van der Waals surface area contributed by atoms with E-state index in [4.69, 9.17) is 0 Å². The summed E-state index contributed by atoms with van der Waals surface area (Å²) in [7, 11) is -2.03. The third kappa shape index (κ3) is 5.45. The molecule has 1 aliphatic carbocycles. The van der Waals surface area contributed by atoms with Gasteiger partial charge in [-0.1, -0.05) is 31.0 Å². The first-order chi connectivity index (χ1) is 15.9. The van der Waals surface area contributed by atoms with E-state index in [9.17, 15) is 18.0 Å². The number of benzene rings is 2. The minimum Gasteiger partial charge on any atom is -0.355 e. The lowest BCUT2D eigenvalue weighted by molar-refractivity contribution is 0.0729. The monoisotopic (exact) mass is 469 g/mol. The van der Waals surface area contributed by atoms with Gasteiger partial charge < -0.3 is 10.2 Å². The van der Waals surface area contributed by atoms with Crippen molar-refractivity contribution >= 4 is 21.8 Å². The van der Waals surface area contributed by atoms with Crippen molar-refractivity contribution in [1.29, 1.82) is 0 Å². The van der Waals surface area contributed by atoms with E-state index in [1.807, 2.05) is 17.0 Å². The number of sulfonamides is 1. The highest BCUT2D eigenvalue weighted by molar-refractivity contribution is 7.89. The van der Waals surface area contributed by atoms with Crippen molar-refractivity contribution in [3.63, 3.8) is 0 Å². The second-order valence-electron chi connectivity index (χ2n) is 8.79. The van der Waals surface area contributed by atoms with Crippen molar-refractivity contribution in [2.45, 2.75) is 56.0 Å². The zero-order valence-corrected chi connectivity index (χ0v) is 19.8. The van der Waals surface area contributed by atoms with Crippen LogP contribution >= 0.6 is 0 Å². The van der Waals surface area contributed by atoms with Crippen molar-refractivity contribution in [2.24, 2.45) is 0 Å². The predicted molar refractivity (Wildman–Crippen MR) is 126 cm³/mol. The standard InChI is InChI=1S/C25H31N3O4S/c1-26-24(29)20-11-9-19(10-12-20)18-28(22-13-14-22)25(30)21-7-6-8-23(17-21)33(31,32)27-15-4-2-3-5-16-27/h6-12,17,22H,2-5,13-16,18H2,1H3,(H,26,29). The molecular weight excluding hydrogens is 438 g/mol. The average Bonchev–Trinajstić information content (AvgIpc) is 3.69. The molecule has 2 fully saturated rings. The molecular formula is C25H31N3O4S. The van der Waals surface area contributed by atoms with Crippen molar-refractivity contribution in [2.75, 3.05) is 20.1 Å². The van der Waals surface area contributed by atoms with E-state index in [2.05, 4.69) is 5.32 Å². The number of nitrogens with zero attached hydrogens (tertiary/aromatic N) is 2. The number of carbonyl (C=O) groups excluding carboxylic acids is 2. The maximum atomic E-state index is 13.4. The Bertz CT molecular complexity index is 1100. The molecule has 0 aromatic heterocycles. The lowest BCUT2D eigenvalue weighted by atomic mass is 10.1. The summed E-state index contributed by atoms with van der Waals surface area (Å²) in [6.07, 6.45) is 5.70. The van der Waals surface area contributed by atoms with Gasteiger partial charge >= 0.3 is 0 Å². The summed E-state index contributed by atoms with van der Waals surface area (Å²) in [5, 5.41) is 2.60. The summed E-state index contributed by atoms with van der Waals surface area (Å²) in [6.45, 7) is 1.47. The molecule has 2 amide bonds. The molecule has 1 aliphatic heterocycles. The maximum absolute atomic E-state index is 13.4. The van der Waals surface area contributed by atoms with Gasteiger partial charge in [-0.25, -0.2) is 8.42 Å². The third-order valence-electron chi connectivity index (χ3n) is 6.33. The van der Waals surface area contributed by atoms with Crippen LogP contribution in [0.3, 0.4) is 0 Å². The first-order valence-corrected chi connectivity index (χ1v) is 13.1. The molecule has 0 atom stereocenters. The van der Waals surface area contributed by atoms with E-state index in [0.717, 1.165) is 44.1 Å². The van der Waals surface area contributed by atoms with Crippen molar-refractivity contribution in [3.05, 3.63) is 65.2 Å². The summed E-state index contributed by atoms with van der Waals surface area (Å²) in [4.78, 5) is 27.2. The van der Waals surface area contributed by atoms with Crippen LogP contribution in [-0.4, -0.2) is 55.6 Å². The molecule has 7 nitrogen and oxygen atoms in total. The molecule has 8 heteroatoms. The Morgan fingerprint density at radius 2 is 1.64 bits per heavy atom. The van der Waals surface area contributed by atoms with E-state index in [-0.39, 0.29) is 22.8 Å². The van der Waals surface area contributed by atoms with Crippen molar-refractivity contribution in [3.8, 4) is 0 Å². The van der Waals surface area contributed by atoms with Gasteiger partial charge in [-0.2, -0.15) is 4.31 Å². The van der Waals surface area contributed by atoms with Gasteiger partial charge in [0.15, 0.2) is 0 Å². The Kier molecular flexibility index (Phi) is 7.14. The zero-order chi connectivity index (χ0) is 23.4. The molecule has 0 spiro atoms. The highest BCUT2D eigenvalue weighted by atomic mass is 32.2. The molecule has 1 saturated carbocycles. The number of hydrogen-bond acceptors (Lipinski definition) is 4. The summed E-state index contributed by atoms with van der Waals surface area (Å²) in [6, 6.07) is 13.8. The normalized spacial score (nSPS) is 17.2. The van der Waals surface area contributed by atoms with Gasteiger partial charge in [0.2, 0.25) is 10.0 Å². The first kappa shape index (κ1) is 23.4. The molecule has 1 heterocycles. The predicted octanol–water partition coefficient (Wildman–Crippen LogP) is 3.42. The second kappa shape index (κ2) is 10.1. The van der Waals surface area contributed by atoms with Gasteiger partial charge in [0.05, 0.1) is 4.90 Å². The van der Waals surface area contributed by atoms with E-state index in [0.29, 0.717) is 30.8 Å². The Balaban J connectivity index is 1.54. The molecule has 1 N–H and O–H groups in total. The molecule has 2 aromatic rings. The molecule has 4 rings (SSSR count). The molecule has 176 valence electrons. The van der Waals surface area contributed by atoms with Gasteiger partial charge in [0.25, 0.3) is 11.8 Å². The van der Waals surface area contributed by atoms with E-state index in [1.165, 1.54) is 6.07 Å². The third-order valence-corrected chi connectivity index (χ3v) is 8.22. The van der Waals surface area contributed by atoms with E-state index in [1.54, 1.807) is 41.7 Å². The molecule has 0 radical (unpaired) electrons. The number of amides is 2. The fourth-order valence-electron chi connectivity index (χ4n) is 4.24. The van der Waals surface area contributed by atoms with Gasteiger partial charge in [-0.05, 0) is 61.6 Å². The maximum Gasteiger partial charge on any atom is 0.254 e. The number of rotatable bonds is 7. The van der Waals surface area contributed by atoms with Gasteiger partial charge in [-0.3, -0.25) is 9.59 Å². The number of hydrogen-bond donors (Lipinski definition) is 1. The highest BCUT2D eigenvalue weighted by Crippen LogP contribution is 2.30. The fourth-order valence-corrected chi connectivity index (χ4v) is 5.81. The average molecular weight is 470 g/mol. The molecule has 2 aliphatic rings. The molecule has 33 heavy (non-hydrogen) atoms. The van der Waals surface area contributed by atoms with Crippen LogP contribution in [0.15, 0.2) is 53.4 Å². The SMILES string of the molecule is CNC(=O)c1ccc(CN(C(=O)c2cccc(S(=O)(=O)N3CCCCCC3)c2)C2CC2)cc1. The molecule has 0 bridgehead atoms. The van der Waals surface area contributed by atoms with Gasteiger partial charge in [-0.15, -0.1) is 0 Å². The smallest absolute Gasteiger partial charge is 0.254 e.